The molecule has 214 valence electrons. The molecular formula is C31H45NO4Si4. The lowest BCUT2D eigenvalue weighted by molar-refractivity contribution is -0.207. The molecule has 0 heterocycles. The third-order valence-electron chi connectivity index (χ3n) is 7.37. The van der Waals surface area contributed by atoms with E-state index in [1.807, 2.05) is 61.5 Å². The Bertz CT molecular complexity index is 1250. The molecule has 0 radical (unpaired) electrons. The van der Waals surface area contributed by atoms with Gasteiger partial charge in [0, 0.05) is 5.57 Å². The Hall–Kier alpha value is -2.38. The maximum absolute atomic E-state index is 13.4. The van der Waals surface area contributed by atoms with E-state index in [1.165, 1.54) is 0 Å². The van der Waals surface area contributed by atoms with E-state index >= 15 is 0 Å². The molecule has 5 nitrogen and oxygen atoms in total. The van der Waals surface area contributed by atoms with Crippen LogP contribution in [0.2, 0.25) is 39.3 Å². The summed E-state index contributed by atoms with van der Waals surface area (Å²) >= 11 is 0. The van der Waals surface area contributed by atoms with Gasteiger partial charge in [0.2, 0.25) is 30.9 Å². The zero-order valence-corrected chi connectivity index (χ0v) is 30.5. The first-order valence-electron chi connectivity index (χ1n) is 13.8. The Kier molecular flexibility index (Phi) is 9.83. The number of amides is 1. The molecule has 40 heavy (non-hydrogen) atoms. The van der Waals surface area contributed by atoms with Crippen molar-refractivity contribution in [2.75, 3.05) is 0 Å². The van der Waals surface area contributed by atoms with Crippen molar-refractivity contribution < 1.29 is 18.1 Å². The summed E-state index contributed by atoms with van der Waals surface area (Å²) < 4.78 is 21.7. The second-order valence-electron chi connectivity index (χ2n) is 12.1. The van der Waals surface area contributed by atoms with E-state index in [4.69, 9.17) is 13.3 Å². The Morgan fingerprint density at radius 3 is 1.27 bits per heavy atom. The van der Waals surface area contributed by atoms with Gasteiger partial charge >= 0.3 is 0 Å². The van der Waals surface area contributed by atoms with Gasteiger partial charge in [-0.15, -0.1) is 0 Å². The third kappa shape index (κ3) is 7.46. The normalized spacial score (nSPS) is 14.4. The summed E-state index contributed by atoms with van der Waals surface area (Å²) in [5.74, 6) is -1.56. The van der Waals surface area contributed by atoms with Gasteiger partial charge in [-0.1, -0.05) is 97.6 Å². The fourth-order valence-corrected chi connectivity index (χ4v) is 14.4. The summed E-state index contributed by atoms with van der Waals surface area (Å²) in [5.41, 5.74) is 0.407. The molecule has 1 amide bonds. The highest BCUT2D eigenvalue weighted by molar-refractivity contribution is 6.86. The maximum atomic E-state index is 13.4. The van der Waals surface area contributed by atoms with Gasteiger partial charge in [-0.2, -0.15) is 0 Å². The average Bonchev–Trinajstić information content (AvgIpc) is 2.89. The van der Waals surface area contributed by atoms with Gasteiger partial charge in [0.05, 0.1) is 10.2 Å². The lowest BCUT2D eigenvalue weighted by Crippen LogP contribution is -2.76. The Balaban J connectivity index is 2.21. The summed E-state index contributed by atoms with van der Waals surface area (Å²) in [7, 11) is -7.33. The zero-order valence-electron chi connectivity index (χ0n) is 25.5. The van der Waals surface area contributed by atoms with Crippen molar-refractivity contribution >= 4 is 56.7 Å². The van der Waals surface area contributed by atoms with Crippen LogP contribution in [0, 0.1) is 0 Å². The number of carbonyl (C=O) groups is 1. The number of hydrogen-bond acceptors (Lipinski definition) is 4. The predicted molar refractivity (Wildman–Crippen MR) is 178 cm³/mol. The summed E-state index contributed by atoms with van der Waals surface area (Å²) in [6, 6.07) is 30.8. The highest BCUT2D eigenvalue weighted by Gasteiger charge is 2.56. The minimum atomic E-state index is -2.58. The molecule has 0 aliphatic rings. The van der Waals surface area contributed by atoms with Crippen LogP contribution in [-0.2, 0) is 18.1 Å². The molecule has 9 heteroatoms. The first-order chi connectivity index (χ1) is 18.5. The molecule has 1 atom stereocenters. The van der Waals surface area contributed by atoms with Crippen LogP contribution < -0.4 is 20.9 Å². The first-order valence-corrected chi connectivity index (χ1v) is 23.5. The molecule has 0 fully saturated rings. The molecule has 0 aliphatic carbocycles. The second kappa shape index (κ2) is 12.2. The standard InChI is InChI=1S/C31H45NO4Si4/c1-25(2)29(33)32-31(37,36-40(8,9)28-23-17-12-18-24-28)30(3,34-38(4,5)26-19-13-10-14-20-26)35-39(6,7)27-21-15-11-16-22-27/h10-24H,1H2,2-9,37H3,(H,32,33). The lowest BCUT2D eigenvalue weighted by Gasteiger charge is -2.54. The number of rotatable bonds is 12. The Labute approximate surface area is 246 Å². The van der Waals surface area contributed by atoms with Crippen molar-refractivity contribution in [1.29, 1.82) is 0 Å². The van der Waals surface area contributed by atoms with Crippen LogP contribution in [0.4, 0.5) is 0 Å². The van der Waals surface area contributed by atoms with E-state index in [9.17, 15) is 4.79 Å². The smallest absolute Gasteiger partial charge is 0.248 e. The Morgan fingerprint density at radius 2 is 0.975 bits per heavy atom. The highest BCUT2D eigenvalue weighted by Crippen LogP contribution is 2.35. The van der Waals surface area contributed by atoms with E-state index in [0.29, 0.717) is 15.8 Å². The molecule has 0 spiro atoms. The number of hydrogen-bond donors (Lipinski definition) is 1. The van der Waals surface area contributed by atoms with Crippen LogP contribution in [-0.4, -0.2) is 52.2 Å². The lowest BCUT2D eigenvalue weighted by atomic mass is 10.2. The van der Waals surface area contributed by atoms with Crippen molar-refractivity contribution in [2.24, 2.45) is 0 Å². The van der Waals surface area contributed by atoms with Crippen molar-refractivity contribution in [3.63, 3.8) is 0 Å². The van der Waals surface area contributed by atoms with E-state index in [-0.39, 0.29) is 5.91 Å². The molecule has 0 aromatic heterocycles. The molecule has 3 rings (SSSR count). The monoisotopic (exact) mass is 607 g/mol. The van der Waals surface area contributed by atoms with Gasteiger partial charge in [0.15, 0.2) is 11.1 Å². The van der Waals surface area contributed by atoms with Crippen molar-refractivity contribution in [3.05, 3.63) is 103 Å². The molecule has 3 aromatic carbocycles. The molecule has 0 aliphatic heterocycles. The van der Waals surface area contributed by atoms with Crippen molar-refractivity contribution in [1.82, 2.24) is 5.32 Å². The van der Waals surface area contributed by atoms with Gasteiger partial charge in [0.25, 0.3) is 0 Å². The zero-order chi connectivity index (χ0) is 29.8. The molecule has 1 N–H and O–H groups in total. The molecule has 0 saturated heterocycles. The van der Waals surface area contributed by atoms with Crippen molar-refractivity contribution in [2.45, 2.75) is 64.3 Å². The number of carbonyl (C=O) groups excluding carboxylic acids is 1. The third-order valence-corrected chi connectivity index (χ3v) is 17.0. The predicted octanol–water partition coefficient (Wildman–Crippen LogP) is 3.80. The average molecular weight is 608 g/mol. The maximum Gasteiger partial charge on any atom is 0.248 e. The molecule has 3 aromatic rings. The van der Waals surface area contributed by atoms with Crippen LogP contribution >= 0.6 is 0 Å². The van der Waals surface area contributed by atoms with Crippen LogP contribution in [0.3, 0.4) is 0 Å². The molecule has 0 bridgehead atoms. The van der Waals surface area contributed by atoms with Gasteiger partial charge in [0.1, 0.15) is 0 Å². The molecule has 1 unspecified atom stereocenters. The number of nitrogens with one attached hydrogen (secondary N) is 1. The van der Waals surface area contributed by atoms with Crippen molar-refractivity contribution in [3.8, 4) is 0 Å². The van der Waals surface area contributed by atoms with Crippen LogP contribution in [0.15, 0.2) is 103 Å². The highest BCUT2D eigenvalue weighted by atomic mass is 28.4. The topological polar surface area (TPSA) is 56.8 Å². The van der Waals surface area contributed by atoms with E-state index in [1.54, 1.807) is 6.92 Å². The van der Waals surface area contributed by atoms with Gasteiger partial charge in [-0.3, -0.25) is 4.79 Å². The summed E-state index contributed by atoms with van der Waals surface area (Å²) in [4.78, 5) is 13.4. The van der Waals surface area contributed by atoms with E-state index in [0.717, 1.165) is 15.6 Å². The summed E-state index contributed by atoms with van der Waals surface area (Å²) in [5, 5.41) is 5.42. The van der Waals surface area contributed by atoms with Crippen LogP contribution in [0.1, 0.15) is 13.8 Å². The summed E-state index contributed by atoms with van der Waals surface area (Å²) in [6.45, 7) is 20.6. The van der Waals surface area contributed by atoms with Gasteiger partial charge in [-0.05, 0) is 68.7 Å². The SMILES string of the molecule is C=C(C)C(=O)NC([SiH3])(O[Si](C)(C)c1ccccc1)C(C)(O[Si](C)(C)c1ccccc1)O[Si](C)(C)c1ccccc1. The summed E-state index contributed by atoms with van der Waals surface area (Å²) in [6.07, 6.45) is 0. The fourth-order valence-electron chi connectivity index (χ4n) is 4.95. The largest absolute Gasteiger partial charge is 0.391 e. The minimum Gasteiger partial charge on any atom is -0.391 e. The molecule has 0 saturated carbocycles. The van der Waals surface area contributed by atoms with Gasteiger partial charge in [-0.25, -0.2) is 0 Å². The number of benzene rings is 3. The van der Waals surface area contributed by atoms with E-state index < -0.39 is 36.1 Å². The van der Waals surface area contributed by atoms with Crippen LogP contribution in [0.5, 0.6) is 0 Å². The Morgan fingerprint density at radius 1 is 0.675 bits per heavy atom. The van der Waals surface area contributed by atoms with Crippen LogP contribution in [0.25, 0.3) is 0 Å². The van der Waals surface area contributed by atoms with Gasteiger partial charge < -0.3 is 18.6 Å². The molecular weight excluding hydrogens is 563 g/mol. The second-order valence-corrected chi connectivity index (χ2v) is 25.0. The minimum absolute atomic E-state index is 0.273. The van der Waals surface area contributed by atoms with E-state index in [2.05, 4.69) is 87.6 Å². The quantitative estimate of drug-likeness (QED) is 0.193. The fraction of sp³-hybridized carbons (Fsp3) is 0.323. The first kappa shape index (κ1) is 32.1.